The lowest BCUT2D eigenvalue weighted by molar-refractivity contribution is -0.127. The lowest BCUT2D eigenvalue weighted by atomic mass is 9.48. The third-order valence-corrected chi connectivity index (χ3v) is 9.54. The number of carbonyl (C=O) groups is 1. The van der Waals surface area contributed by atoms with Crippen LogP contribution in [0, 0.1) is 23.2 Å². The summed E-state index contributed by atoms with van der Waals surface area (Å²) in [5.74, 6) is 2.79. The van der Waals surface area contributed by atoms with E-state index in [9.17, 15) is 13.2 Å². The number of allylic oxidation sites excluding steroid dienone is 1. The van der Waals surface area contributed by atoms with Gasteiger partial charge >= 0.3 is 0 Å². The predicted octanol–water partition coefficient (Wildman–Crippen LogP) is 3.42. The number of amides is 1. The lowest BCUT2D eigenvalue weighted by Gasteiger charge is -2.57. The van der Waals surface area contributed by atoms with Gasteiger partial charge < -0.3 is 4.90 Å². The molecular formula is C22H36N2O3S. The summed E-state index contributed by atoms with van der Waals surface area (Å²) in [5.41, 5.74) is 1.60. The van der Waals surface area contributed by atoms with E-state index in [-0.39, 0.29) is 17.4 Å². The Balaban J connectivity index is 1.39. The number of rotatable bonds is 5. The van der Waals surface area contributed by atoms with E-state index in [2.05, 4.69) is 6.92 Å². The van der Waals surface area contributed by atoms with Gasteiger partial charge in [-0.05, 0) is 81.5 Å². The molecule has 5 nitrogen and oxygen atoms in total. The standard InChI is InChI=1S/C22H36N2O3S/c1-4-24(28(3,26)27)20-5-7-23(8-6-20)21(25)9-16(2)22-13-17-10-18(14-22)12-19(11-17)15-22/h9,17-20H,4-8,10-15H2,1-3H3/b16-9-. The summed E-state index contributed by atoms with van der Waals surface area (Å²) in [6.45, 7) is 5.89. The molecule has 4 bridgehead atoms. The van der Waals surface area contributed by atoms with Crippen molar-refractivity contribution in [2.45, 2.75) is 71.3 Å². The van der Waals surface area contributed by atoms with E-state index >= 15 is 0 Å². The number of hydrogen-bond acceptors (Lipinski definition) is 3. The molecule has 0 aromatic heterocycles. The Morgan fingerprint density at radius 3 is 2.00 bits per heavy atom. The Labute approximate surface area is 170 Å². The third-order valence-electron chi connectivity index (χ3n) is 8.14. The molecule has 158 valence electrons. The molecule has 0 atom stereocenters. The molecule has 0 N–H and O–H groups in total. The lowest BCUT2D eigenvalue weighted by Crippen LogP contribution is -2.48. The first-order valence-corrected chi connectivity index (χ1v) is 13.0. The van der Waals surface area contributed by atoms with Crippen molar-refractivity contribution in [3.8, 4) is 0 Å². The van der Waals surface area contributed by atoms with E-state index in [1.165, 1.54) is 50.4 Å². The fourth-order valence-electron chi connectivity index (χ4n) is 7.16. The van der Waals surface area contributed by atoms with Crippen molar-refractivity contribution in [3.63, 3.8) is 0 Å². The molecule has 6 heteroatoms. The van der Waals surface area contributed by atoms with Crippen molar-refractivity contribution in [2.75, 3.05) is 25.9 Å². The van der Waals surface area contributed by atoms with E-state index in [4.69, 9.17) is 0 Å². The highest BCUT2D eigenvalue weighted by Crippen LogP contribution is 2.62. The van der Waals surface area contributed by atoms with E-state index in [0.29, 0.717) is 19.6 Å². The second kappa shape index (κ2) is 7.42. The van der Waals surface area contributed by atoms with Gasteiger partial charge in [-0.15, -0.1) is 0 Å². The zero-order chi connectivity index (χ0) is 20.1. The molecule has 1 heterocycles. The van der Waals surface area contributed by atoms with Gasteiger partial charge in [0.25, 0.3) is 0 Å². The van der Waals surface area contributed by atoms with Gasteiger partial charge in [-0.3, -0.25) is 4.79 Å². The van der Waals surface area contributed by atoms with Crippen LogP contribution in [0.5, 0.6) is 0 Å². The van der Waals surface area contributed by atoms with Gasteiger partial charge in [0, 0.05) is 31.8 Å². The van der Waals surface area contributed by atoms with Crippen LogP contribution < -0.4 is 0 Å². The number of carbonyl (C=O) groups excluding carboxylic acids is 1. The normalized spacial score (nSPS) is 36.4. The number of sulfonamides is 1. The summed E-state index contributed by atoms with van der Waals surface area (Å²) >= 11 is 0. The monoisotopic (exact) mass is 408 g/mol. The second-order valence-electron chi connectivity index (χ2n) is 10.0. The van der Waals surface area contributed by atoms with Gasteiger partial charge in [-0.25, -0.2) is 8.42 Å². The van der Waals surface area contributed by atoms with Crippen LogP contribution in [0.4, 0.5) is 0 Å². The van der Waals surface area contributed by atoms with Gasteiger partial charge in [-0.1, -0.05) is 12.5 Å². The van der Waals surface area contributed by atoms with Gasteiger partial charge in [0.2, 0.25) is 15.9 Å². The minimum atomic E-state index is -3.18. The third kappa shape index (κ3) is 3.79. The fourth-order valence-corrected chi connectivity index (χ4v) is 8.38. The van der Waals surface area contributed by atoms with Gasteiger partial charge in [0.05, 0.1) is 6.26 Å². The number of hydrogen-bond donors (Lipinski definition) is 0. The van der Waals surface area contributed by atoms with Gasteiger partial charge in [0.1, 0.15) is 0 Å². The molecule has 1 amide bonds. The largest absolute Gasteiger partial charge is 0.339 e. The quantitative estimate of drug-likeness (QED) is 0.655. The van der Waals surface area contributed by atoms with E-state index < -0.39 is 10.0 Å². The molecule has 0 aromatic carbocycles. The predicted molar refractivity (Wildman–Crippen MR) is 111 cm³/mol. The highest BCUT2D eigenvalue weighted by molar-refractivity contribution is 7.88. The summed E-state index contributed by atoms with van der Waals surface area (Å²) in [4.78, 5) is 14.9. The molecule has 28 heavy (non-hydrogen) atoms. The van der Waals surface area contributed by atoms with Gasteiger partial charge in [0.15, 0.2) is 0 Å². The van der Waals surface area contributed by atoms with Crippen LogP contribution in [0.15, 0.2) is 11.6 Å². The summed E-state index contributed by atoms with van der Waals surface area (Å²) in [7, 11) is -3.18. The first-order valence-electron chi connectivity index (χ1n) is 11.1. The fraction of sp³-hybridized carbons (Fsp3) is 0.864. The van der Waals surface area contributed by atoms with Crippen LogP contribution in [0.1, 0.15) is 65.2 Å². The molecular weight excluding hydrogens is 372 g/mol. The molecule has 5 rings (SSSR count). The molecule has 1 saturated heterocycles. The van der Waals surface area contributed by atoms with E-state index in [1.807, 2.05) is 17.9 Å². The molecule has 1 aliphatic heterocycles. The Morgan fingerprint density at radius 1 is 1.07 bits per heavy atom. The van der Waals surface area contributed by atoms with Crippen molar-refractivity contribution in [1.29, 1.82) is 0 Å². The highest BCUT2D eigenvalue weighted by Gasteiger charge is 2.51. The van der Waals surface area contributed by atoms with E-state index in [1.54, 1.807) is 4.31 Å². The van der Waals surface area contributed by atoms with Crippen molar-refractivity contribution >= 4 is 15.9 Å². The summed E-state index contributed by atoms with van der Waals surface area (Å²) in [6, 6.07) is 0.0253. The first-order chi connectivity index (χ1) is 13.2. The van der Waals surface area contributed by atoms with Crippen LogP contribution in [-0.4, -0.2) is 55.5 Å². The van der Waals surface area contributed by atoms with Crippen LogP contribution in [-0.2, 0) is 14.8 Å². The average Bonchev–Trinajstić information content (AvgIpc) is 2.60. The minimum absolute atomic E-state index is 0.0253. The van der Waals surface area contributed by atoms with E-state index in [0.717, 1.165) is 30.6 Å². The Morgan fingerprint density at radius 2 is 1.57 bits per heavy atom. The number of likely N-dealkylation sites (tertiary alicyclic amines) is 1. The zero-order valence-corrected chi connectivity index (χ0v) is 18.5. The second-order valence-corrected chi connectivity index (χ2v) is 12.0. The average molecular weight is 409 g/mol. The SMILES string of the molecule is CCN(C1CCN(C(=O)/C=C(/C)C23CC4CC(CC(C4)C2)C3)CC1)S(C)(=O)=O. The Hall–Kier alpha value is -0.880. The summed E-state index contributed by atoms with van der Waals surface area (Å²) in [6.07, 6.45) is 12.8. The maximum absolute atomic E-state index is 13.0. The molecule has 0 radical (unpaired) electrons. The smallest absolute Gasteiger partial charge is 0.246 e. The molecule has 5 aliphatic rings. The molecule has 4 saturated carbocycles. The highest BCUT2D eigenvalue weighted by atomic mass is 32.2. The number of piperidine rings is 1. The molecule has 4 aliphatic carbocycles. The zero-order valence-electron chi connectivity index (χ0n) is 17.7. The van der Waals surface area contributed by atoms with Crippen LogP contribution in [0.2, 0.25) is 0 Å². The van der Waals surface area contributed by atoms with Crippen LogP contribution in [0.3, 0.4) is 0 Å². The molecule has 0 spiro atoms. The Kier molecular flexibility index (Phi) is 5.41. The van der Waals surface area contributed by atoms with Crippen LogP contribution >= 0.6 is 0 Å². The maximum Gasteiger partial charge on any atom is 0.246 e. The summed E-state index contributed by atoms with van der Waals surface area (Å²) in [5, 5.41) is 0. The molecule has 0 aromatic rings. The van der Waals surface area contributed by atoms with Crippen molar-refractivity contribution < 1.29 is 13.2 Å². The van der Waals surface area contributed by atoms with Gasteiger partial charge in [-0.2, -0.15) is 4.31 Å². The first kappa shape index (κ1) is 20.4. The Bertz CT molecular complexity index is 714. The van der Waals surface area contributed by atoms with Crippen LogP contribution in [0.25, 0.3) is 0 Å². The topological polar surface area (TPSA) is 57.7 Å². The van der Waals surface area contributed by atoms with Crippen molar-refractivity contribution in [1.82, 2.24) is 9.21 Å². The molecule has 5 fully saturated rings. The number of nitrogens with zero attached hydrogens (tertiary/aromatic N) is 2. The minimum Gasteiger partial charge on any atom is -0.339 e. The maximum atomic E-state index is 13.0. The summed E-state index contributed by atoms with van der Waals surface area (Å²) < 4.78 is 25.5. The molecule has 0 unspecified atom stereocenters. The van der Waals surface area contributed by atoms with Crippen molar-refractivity contribution in [2.24, 2.45) is 23.2 Å². The van der Waals surface area contributed by atoms with Crippen molar-refractivity contribution in [3.05, 3.63) is 11.6 Å².